The van der Waals surface area contributed by atoms with Gasteiger partial charge in [0.15, 0.2) is 5.76 Å². The lowest BCUT2D eigenvalue weighted by Crippen LogP contribution is -2.05. The van der Waals surface area contributed by atoms with Gasteiger partial charge in [0.25, 0.3) is 0 Å². The molecule has 8 heteroatoms. The molecule has 2 aromatic rings. The van der Waals surface area contributed by atoms with Crippen molar-refractivity contribution in [3.8, 4) is 11.3 Å². The number of nitrogens with two attached hydrogens (primary N) is 1. The Morgan fingerprint density at radius 1 is 1.50 bits per heavy atom. The molecule has 2 rings (SSSR count). The maximum Gasteiger partial charge on any atom is 0.226 e. The molecule has 0 atom stereocenters. The lowest BCUT2D eigenvalue weighted by atomic mass is 10.2. The van der Waals surface area contributed by atoms with Gasteiger partial charge < -0.3 is 10.2 Å². The van der Waals surface area contributed by atoms with Gasteiger partial charge in [-0.2, -0.15) is 4.40 Å². The summed E-state index contributed by atoms with van der Waals surface area (Å²) in [4.78, 5) is 7.63. The molecule has 0 saturated carbocycles. The van der Waals surface area contributed by atoms with Crippen LogP contribution in [0.15, 0.2) is 44.3 Å². The molecular weight excluding hydrogens is 319 g/mol. The number of halogens is 2. The molecule has 0 radical (unpaired) electrons. The Morgan fingerprint density at radius 3 is 3.00 bits per heavy atom. The van der Waals surface area contributed by atoms with E-state index in [9.17, 15) is 0 Å². The monoisotopic (exact) mass is 330 g/mol. The van der Waals surface area contributed by atoms with Crippen LogP contribution >= 0.6 is 36.0 Å². The number of guanidine groups is 1. The van der Waals surface area contributed by atoms with Gasteiger partial charge in [0.05, 0.1) is 11.9 Å². The Labute approximate surface area is 131 Å². The summed E-state index contributed by atoms with van der Waals surface area (Å²) in [6.45, 7) is 3.27. The molecule has 1 heterocycles. The van der Waals surface area contributed by atoms with E-state index in [4.69, 9.17) is 21.8 Å². The first-order valence-electron chi connectivity index (χ1n) is 5.32. The van der Waals surface area contributed by atoms with Crippen LogP contribution < -0.4 is 5.73 Å². The number of hydrogen-bond donors (Lipinski definition) is 1. The second kappa shape index (κ2) is 7.94. The Bertz CT molecular complexity index is 615. The van der Waals surface area contributed by atoms with Crippen LogP contribution in [0.25, 0.3) is 11.3 Å². The highest BCUT2D eigenvalue weighted by molar-refractivity contribution is 7.97. The second-order valence-corrected chi connectivity index (χ2v) is 4.68. The molecule has 0 bridgehead atoms. The van der Waals surface area contributed by atoms with Crippen LogP contribution in [0.2, 0.25) is 5.02 Å². The van der Waals surface area contributed by atoms with Crippen molar-refractivity contribution in [1.82, 2.24) is 4.98 Å². The minimum atomic E-state index is 0. The zero-order chi connectivity index (χ0) is 13.7. The van der Waals surface area contributed by atoms with Gasteiger partial charge in [-0.3, -0.25) is 0 Å². The lowest BCUT2D eigenvalue weighted by Gasteiger charge is -1.96. The third-order valence-corrected chi connectivity index (χ3v) is 3.10. The first-order chi connectivity index (χ1) is 9.19. The zero-order valence-corrected chi connectivity index (χ0v) is 12.7. The Balaban J connectivity index is 0.00000200. The first-order valence-corrected chi connectivity index (χ1v) is 6.64. The molecule has 20 heavy (non-hydrogen) atoms. The van der Waals surface area contributed by atoms with Gasteiger partial charge in [-0.05, 0) is 30.8 Å². The van der Waals surface area contributed by atoms with Gasteiger partial charge in [-0.1, -0.05) is 23.7 Å². The number of hydrogen-bond acceptors (Lipinski definition) is 4. The molecule has 5 nitrogen and oxygen atoms in total. The van der Waals surface area contributed by atoms with Crippen LogP contribution in [0.1, 0.15) is 5.89 Å². The van der Waals surface area contributed by atoms with E-state index in [-0.39, 0.29) is 18.4 Å². The molecule has 0 amide bonds. The van der Waals surface area contributed by atoms with E-state index in [2.05, 4.69) is 21.1 Å². The normalized spacial score (nSPS) is 10.9. The van der Waals surface area contributed by atoms with Crippen molar-refractivity contribution >= 4 is 48.6 Å². The summed E-state index contributed by atoms with van der Waals surface area (Å²) in [7, 11) is 0. The molecule has 2 N–H and O–H groups in total. The van der Waals surface area contributed by atoms with E-state index < -0.39 is 0 Å². The Morgan fingerprint density at radius 2 is 2.30 bits per heavy atom. The van der Waals surface area contributed by atoms with Gasteiger partial charge in [-0.15, -0.1) is 12.4 Å². The fourth-order valence-corrected chi connectivity index (χ4v) is 2.02. The topological polar surface area (TPSA) is 76.8 Å². The number of oxazole rings is 1. The van der Waals surface area contributed by atoms with Crippen molar-refractivity contribution in [2.45, 2.75) is 5.75 Å². The summed E-state index contributed by atoms with van der Waals surface area (Å²) in [6.07, 6.45) is 1.65. The second-order valence-electron chi connectivity index (χ2n) is 3.51. The largest absolute Gasteiger partial charge is 0.440 e. The molecule has 0 aliphatic heterocycles. The van der Waals surface area contributed by atoms with E-state index >= 15 is 0 Å². The third kappa shape index (κ3) is 4.56. The van der Waals surface area contributed by atoms with Gasteiger partial charge >= 0.3 is 0 Å². The lowest BCUT2D eigenvalue weighted by molar-refractivity contribution is 0.530. The van der Waals surface area contributed by atoms with Crippen LogP contribution in [-0.4, -0.2) is 17.7 Å². The molecule has 1 aromatic carbocycles. The highest BCUT2D eigenvalue weighted by atomic mass is 35.5. The average Bonchev–Trinajstić information content (AvgIpc) is 2.87. The molecule has 0 fully saturated rings. The Hall–Kier alpha value is -1.50. The van der Waals surface area contributed by atoms with Crippen molar-refractivity contribution in [2.24, 2.45) is 15.1 Å². The summed E-state index contributed by atoms with van der Waals surface area (Å²) in [6, 6.07) is 7.38. The minimum Gasteiger partial charge on any atom is -0.440 e. The predicted molar refractivity (Wildman–Crippen MR) is 86.7 cm³/mol. The highest BCUT2D eigenvalue weighted by Gasteiger charge is 2.06. The van der Waals surface area contributed by atoms with E-state index in [0.717, 1.165) is 5.56 Å². The summed E-state index contributed by atoms with van der Waals surface area (Å²) in [5.74, 6) is 1.82. The quantitative estimate of drug-likeness (QED) is 0.528. The van der Waals surface area contributed by atoms with Crippen molar-refractivity contribution in [3.05, 3.63) is 41.4 Å². The van der Waals surface area contributed by atoms with Crippen LogP contribution in [-0.2, 0) is 5.75 Å². The molecule has 0 saturated heterocycles. The van der Waals surface area contributed by atoms with E-state index in [1.165, 1.54) is 11.9 Å². The SMILES string of the molecule is C=NC(N)=NSCc1ncc(-c2cccc(Cl)c2)o1.Cl. The van der Waals surface area contributed by atoms with Crippen molar-refractivity contribution in [1.29, 1.82) is 0 Å². The third-order valence-electron chi connectivity index (χ3n) is 2.17. The van der Waals surface area contributed by atoms with Gasteiger partial charge in [-0.25, -0.2) is 9.98 Å². The number of benzene rings is 1. The van der Waals surface area contributed by atoms with Gasteiger partial charge in [0, 0.05) is 10.6 Å². The Kier molecular flexibility index (Phi) is 6.57. The molecule has 1 aromatic heterocycles. The smallest absolute Gasteiger partial charge is 0.226 e. The molecule has 0 aliphatic rings. The molecule has 106 valence electrons. The van der Waals surface area contributed by atoms with Crippen LogP contribution in [0.5, 0.6) is 0 Å². The van der Waals surface area contributed by atoms with Crippen LogP contribution in [0.3, 0.4) is 0 Å². The maximum absolute atomic E-state index is 5.92. The summed E-state index contributed by atoms with van der Waals surface area (Å²) in [5, 5.41) is 0.652. The van der Waals surface area contributed by atoms with Crippen molar-refractivity contribution in [2.75, 3.05) is 0 Å². The van der Waals surface area contributed by atoms with E-state index in [1.807, 2.05) is 18.2 Å². The number of aromatic nitrogens is 1. The zero-order valence-electron chi connectivity index (χ0n) is 10.3. The first kappa shape index (κ1) is 16.6. The van der Waals surface area contributed by atoms with Crippen LogP contribution in [0, 0.1) is 0 Å². The standard InChI is InChI=1S/C12H11ClN4OS.ClH/c1-15-12(14)17-19-7-11-16-6-10(18-11)8-3-2-4-9(13)5-8;/h2-6H,1,7H2,(H2,14,17);1H. The van der Waals surface area contributed by atoms with Gasteiger partial charge in [0.1, 0.15) is 0 Å². The highest BCUT2D eigenvalue weighted by Crippen LogP contribution is 2.24. The summed E-state index contributed by atoms with van der Waals surface area (Å²) < 4.78 is 9.49. The molecular formula is C12H12Cl2N4OS. The van der Waals surface area contributed by atoms with E-state index in [1.54, 1.807) is 12.3 Å². The number of aliphatic imine (C=N–C) groups is 1. The van der Waals surface area contributed by atoms with Crippen molar-refractivity contribution in [3.63, 3.8) is 0 Å². The minimum absolute atomic E-state index is 0. The average molecular weight is 331 g/mol. The van der Waals surface area contributed by atoms with Crippen molar-refractivity contribution < 1.29 is 4.42 Å². The number of nitrogens with zero attached hydrogens (tertiary/aromatic N) is 3. The van der Waals surface area contributed by atoms with E-state index in [0.29, 0.717) is 22.4 Å². The summed E-state index contributed by atoms with van der Waals surface area (Å²) in [5.41, 5.74) is 6.27. The molecule has 0 spiro atoms. The van der Waals surface area contributed by atoms with Gasteiger partial charge in [0.2, 0.25) is 11.9 Å². The fourth-order valence-electron chi connectivity index (χ4n) is 1.33. The fraction of sp³-hybridized carbons (Fsp3) is 0.0833. The maximum atomic E-state index is 5.92. The number of rotatable bonds is 4. The molecule has 0 unspecified atom stereocenters. The predicted octanol–water partition coefficient (Wildman–Crippen LogP) is 3.58. The summed E-state index contributed by atoms with van der Waals surface area (Å²) >= 11 is 7.12. The van der Waals surface area contributed by atoms with Crippen LogP contribution in [0.4, 0.5) is 0 Å². The molecule has 0 aliphatic carbocycles.